The van der Waals surface area contributed by atoms with Crippen LogP contribution in [-0.4, -0.2) is 49.2 Å². The number of hydrogen-bond donors (Lipinski definition) is 3. The van der Waals surface area contributed by atoms with Crippen molar-refractivity contribution in [1.82, 2.24) is 0 Å². The zero-order valence-corrected chi connectivity index (χ0v) is 13.2. The second-order valence-corrected chi connectivity index (χ2v) is 4.36. The minimum atomic E-state index is -0.954. The lowest BCUT2D eigenvalue weighted by atomic mass is 10.2. The van der Waals surface area contributed by atoms with E-state index in [2.05, 4.69) is 4.74 Å². The third kappa shape index (κ3) is 6.95. The third-order valence-corrected chi connectivity index (χ3v) is 2.73. The molecular formula is C14H22ClNO6. The maximum absolute atomic E-state index is 10.9. The molecule has 1 unspecified atom stereocenters. The minimum Gasteiger partial charge on any atom is -0.489 e. The van der Waals surface area contributed by atoms with E-state index in [1.54, 1.807) is 18.2 Å². The summed E-state index contributed by atoms with van der Waals surface area (Å²) < 4.78 is 15.2. The summed E-state index contributed by atoms with van der Waals surface area (Å²) in [5.41, 5.74) is 7.06. The van der Waals surface area contributed by atoms with Crippen molar-refractivity contribution in [2.24, 2.45) is 0 Å². The Hall–Kier alpha value is -1.54. The molecule has 1 aromatic rings. The zero-order chi connectivity index (χ0) is 15.7. The van der Waals surface area contributed by atoms with E-state index in [4.69, 9.17) is 20.3 Å². The standard InChI is InChI=1S/C14H21NO6.ClH/c1-19-13(18)5-6-20-8-10-3-2-4-12(14(10)15)21-9-11(17)7-16;/h2-4,11,16-17H,5-9,15H2,1H3;1H. The van der Waals surface area contributed by atoms with Gasteiger partial charge in [0.2, 0.25) is 0 Å². The molecule has 126 valence electrons. The van der Waals surface area contributed by atoms with Crippen molar-refractivity contribution in [1.29, 1.82) is 0 Å². The van der Waals surface area contributed by atoms with Gasteiger partial charge in [0.1, 0.15) is 18.5 Å². The van der Waals surface area contributed by atoms with Gasteiger partial charge < -0.3 is 30.2 Å². The van der Waals surface area contributed by atoms with Crippen LogP contribution in [0, 0.1) is 0 Å². The molecule has 0 radical (unpaired) electrons. The highest BCUT2D eigenvalue weighted by molar-refractivity contribution is 5.85. The summed E-state index contributed by atoms with van der Waals surface area (Å²) in [6, 6.07) is 5.19. The predicted molar refractivity (Wildman–Crippen MR) is 83.0 cm³/mol. The van der Waals surface area contributed by atoms with Gasteiger partial charge in [-0.3, -0.25) is 4.79 Å². The largest absolute Gasteiger partial charge is 0.489 e. The number of nitrogen functional groups attached to an aromatic ring is 1. The van der Waals surface area contributed by atoms with Crippen LogP contribution in [0.15, 0.2) is 18.2 Å². The summed E-state index contributed by atoms with van der Waals surface area (Å²) in [6.07, 6.45) is -0.778. The third-order valence-electron chi connectivity index (χ3n) is 2.73. The molecule has 1 atom stereocenters. The topological polar surface area (TPSA) is 111 Å². The van der Waals surface area contributed by atoms with Crippen molar-refractivity contribution < 1.29 is 29.2 Å². The number of nitrogens with two attached hydrogens (primary N) is 1. The van der Waals surface area contributed by atoms with Crippen LogP contribution in [0.25, 0.3) is 0 Å². The lowest BCUT2D eigenvalue weighted by Gasteiger charge is -2.14. The van der Waals surface area contributed by atoms with Crippen molar-refractivity contribution in [3.05, 3.63) is 23.8 Å². The van der Waals surface area contributed by atoms with Gasteiger partial charge in [0.25, 0.3) is 0 Å². The highest BCUT2D eigenvalue weighted by Gasteiger charge is 2.09. The van der Waals surface area contributed by atoms with E-state index >= 15 is 0 Å². The first-order valence-electron chi connectivity index (χ1n) is 6.52. The summed E-state index contributed by atoms with van der Waals surface area (Å²) in [6.45, 7) is 0.0482. The number of aliphatic hydroxyl groups is 2. The number of hydrogen-bond acceptors (Lipinski definition) is 7. The van der Waals surface area contributed by atoms with Gasteiger partial charge in [-0.05, 0) is 6.07 Å². The highest BCUT2D eigenvalue weighted by atomic mass is 35.5. The average Bonchev–Trinajstić information content (AvgIpc) is 2.50. The maximum atomic E-state index is 10.9. The lowest BCUT2D eigenvalue weighted by Crippen LogP contribution is -2.21. The lowest BCUT2D eigenvalue weighted by molar-refractivity contribution is -0.141. The molecule has 7 nitrogen and oxygen atoms in total. The van der Waals surface area contributed by atoms with Crippen molar-refractivity contribution in [3.8, 4) is 5.75 Å². The number of anilines is 1. The van der Waals surface area contributed by atoms with Gasteiger partial charge in [-0.15, -0.1) is 12.4 Å². The van der Waals surface area contributed by atoms with Gasteiger partial charge in [-0.25, -0.2) is 0 Å². The summed E-state index contributed by atoms with van der Waals surface area (Å²) in [5, 5.41) is 18.0. The van der Waals surface area contributed by atoms with Crippen LogP contribution in [0.5, 0.6) is 5.75 Å². The molecule has 0 spiro atoms. The Balaban J connectivity index is 0.00000441. The molecular weight excluding hydrogens is 314 g/mol. The number of aliphatic hydroxyl groups excluding tert-OH is 2. The SMILES string of the molecule is COC(=O)CCOCc1cccc(OCC(O)CO)c1N.Cl. The number of esters is 1. The quantitative estimate of drug-likeness (QED) is 0.342. The van der Waals surface area contributed by atoms with E-state index in [-0.39, 0.29) is 51.2 Å². The Labute approximate surface area is 135 Å². The van der Waals surface area contributed by atoms with Crippen LogP contribution in [0.4, 0.5) is 5.69 Å². The van der Waals surface area contributed by atoms with E-state index in [1.807, 2.05) is 0 Å². The normalized spacial score (nSPS) is 11.4. The second kappa shape index (κ2) is 11.1. The van der Waals surface area contributed by atoms with Gasteiger partial charge >= 0.3 is 5.97 Å². The maximum Gasteiger partial charge on any atom is 0.307 e. The number of halogens is 1. The number of rotatable bonds is 9. The molecule has 0 saturated heterocycles. The number of carbonyl (C=O) groups excluding carboxylic acids is 1. The van der Waals surface area contributed by atoms with Crippen LogP contribution in [0.2, 0.25) is 0 Å². The zero-order valence-electron chi connectivity index (χ0n) is 12.4. The second-order valence-electron chi connectivity index (χ2n) is 4.36. The molecule has 0 aliphatic heterocycles. The van der Waals surface area contributed by atoms with Crippen LogP contribution < -0.4 is 10.5 Å². The monoisotopic (exact) mass is 335 g/mol. The average molecular weight is 336 g/mol. The van der Waals surface area contributed by atoms with Crippen LogP contribution in [0.1, 0.15) is 12.0 Å². The van der Waals surface area contributed by atoms with Crippen molar-refractivity contribution in [3.63, 3.8) is 0 Å². The molecule has 0 aliphatic rings. The molecule has 0 saturated carbocycles. The Bertz CT molecular complexity index is 457. The fourth-order valence-corrected chi connectivity index (χ4v) is 1.52. The van der Waals surface area contributed by atoms with E-state index in [0.29, 0.717) is 11.4 Å². The summed E-state index contributed by atoms with van der Waals surface area (Å²) >= 11 is 0. The first kappa shape index (κ1) is 20.5. The molecule has 0 bridgehead atoms. The van der Waals surface area contributed by atoms with E-state index < -0.39 is 6.10 Å². The Morgan fingerprint density at radius 2 is 2.14 bits per heavy atom. The number of carbonyl (C=O) groups is 1. The molecule has 0 fully saturated rings. The molecule has 0 amide bonds. The summed E-state index contributed by atoms with van der Waals surface area (Å²) in [7, 11) is 1.32. The van der Waals surface area contributed by atoms with Gasteiger partial charge in [0.05, 0.1) is 39.0 Å². The van der Waals surface area contributed by atoms with E-state index in [1.165, 1.54) is 7.11 Å². The van der Waals surface area contributed by atoms with Crippen molar-refractivity contribution in [2.45, 2.75) is 19.1 Å². The first-order chi connectivity index (χ1) is 10.1. The highest BCUT2D eigenvalue weighted by Crippen LogP contribution is 2.25. The fraction of sp³-hybridized carbons (Fsp3) is 0.500. The number of benzene rings is 1. The molecule has 8 heteroatoms. The number of ether oxygens (including phenoxy) is 3. The number of methoxy groups -OCH3 is 1. The summed E-state index contributed by atoms with van der Waals surface area (Å²) in [4.78, 5) is 10.9. The van der Waals surface area contributed by atoms with Gasteiger partial charge in [0.15, 0.2) is 0 Å². The van der Waals surface area contributed by atoms with Gasteiger partial charge in [-0.1, -0.05) is 12.1 Å². The number of para-hydroxylation sites is 1. The molecule has 4 N–H and O–H groups in total. The van der Waals surface area contributed by atoms with Crippen molar-refractivity contribution >= 4 is 24.1 Å². The van der Waals surface area contributed by atoms with Crippen LogP contribution in [0.3, 0.4) is 0 Å². The molecule has 1 rings (SSSR count). The summed E-state index contributed by atoms with van der Waals surface area (Å²) in [5.74, 6) is 0.0783. The molecule has 22 heavy (non-hydrogen) atoms. The van der Waals surface area contributed by atoms with E-state index in [9.17, 15) is 9.90 Å². The molecule has 0 aliphatic carbocycles. The molecule has 1 aromatic carbocycles. The van der Waals surface area contributed by atoms with Crippen LogP contribution in [-0.2, 0) is 20.9 Å². The Morgan fingerprint density at radius 1 is 1.41 bits per heavy atom. The molecule has 0 heterocycles. The smallest absolute Gasteiger partial charge is 0.307 e. The fourth-order valence-electron chi connectivity index (χ4n) is 1.52. The van der Waals surface area contributed by atoms with Crippen molar-refractivity contribution in [2.75, 3.05) is 32.7 Å². The van der Waals surface area contributed by atoms with E-state index in [0.717, 1.165) is 5.56 Å². The van der Waals surface area contributed by atoms with Gasteiger partial charge in [0, 0.05) is 5.56 Å². The predicted octanol–water partition coefficient (Wildman–Crippen LogP) is 0.502. The molecule has 0 aromatic heterocycles. The Kier molecular flexibility index (Phi) is 10.3. The van der Waals surface area contributed by atoms with Crippen LogP contribution >= 0.6 is 12.4 Å². The first-order valence-corrected chi connectivity index (χ1v) is 6.52. The van der Waals surface area contributed by atoms with Gasteiger partial charge in [-0.2, -0.15) is 0 Å². The minimum absolute atomic E-state index is 0. The Morgan fingerprint density at radius 3 is 2.77 bits per heavy atom.